The fourth-order valence-corrected chi connectivity index (χ4v) is 2.09. The van der Waals surface area contributed by atoms with Gasteiger partial charge in [-0.2, -0.15) is 5.26 Å². The molecule has 1 atom stereocenters. The minimum atomic E-state index is -0.126. The zero-order valence-electron chi connectivity index (χ0n) is 8.47. The van der Waals surface area contributed by atoms with Gasteiger partial charge in [0.25, 0.3) is 0 Å². The highest BCUT2D eigenvalue weighted by Crippen LogP contribution is 2.31. The highest BCUT2D eigenvalue weighted by molar-refractivity contribution is 9.10. The van der Waals surface area contributed by atoms with Crippen molar-refractivity contribution in [3.8, 4) is 11.8 Å². The minimum Gasteiger partial charge on any atom is -0.496 e. The van der Waals surface area contributed by atoms with Crippen LogP contribution in [0.3, 0.4) is 0 Å². The van der Waals surface area contributed by atoms with Crippen molar-refractivity contribution in [2.45, 2.75) is 19.8 Å². The molecule has 0 saturated carbocycles. The molecular formula is C11H12BrNO. The van der Waals surface area contributed by atoms with Gasteiger partial charge in [0.2, 0.25) is 0 Å². The standard InChI is InChI=1S/C11H12BrNO/c1-7-4-10(12)9(8(2)6-13)5-11(7)14-3/h4-5,8H,1-3H3. The Labute approximate surface area is 92.6 Å². The largest absolute Gasteiger partial charge is 0.496 e. The molecule has 74 valence electrons. The van der Waals surface area contributed by atoms with Crippen LogP contribution < -0.4 is 4.74 Å². The van der Waals surface area contributed by atoms with E-state index in [1.54, 1.807) is 7.11 Å². The van der Waals surface area contributed by atoms with E-state index in [2.05, 4.69) is 22.0 Å². The van der Waals surface area contributed by atoms with Crippen molar-refractivity contribution in [3.05, 3.63) is 27.7 Å². The Hall–Kier alpha value is -1.01. The van der Waals surface area contributed by atoms with Crippen LogP contribution in [0, 0.1) is 18.3 Å². The van der Waals surface area contributed by atoms with E-state index in [0.717, 1.165) is 21.3 Å². The lowest BCUT2D eigenvalue weighted by molar-refractivity contribution is 0.411. The minimum absolute atomic E-state index is 0.126. The van der Waals surface area contributed by atoms with Crippen molar-refractivity contribution >= 4 is 15.9 Å². The lowest BCUT2D eigenvalue weighted by atomic mass is 10.0. The second kappa shape index (κ2) is 4.47. The number of nitrogens with zero attached hydrogens (tertiary/aromatic N) is 1. The lowest BCUT2D eigenvalue weighted by Gasteiger charge is -2.11. The number of aryl methyl sites for hydroxylation is 1. The molecule has 0 radical (unpaired) electrons. The Morgan fingerprint density at radius 2 is 2.14 bits per heavy atom. The van der Waals surface area contributed by atoms with E-state index in [0.29, 0.717) is 0 Å². The first-order valence-corrected chi connectivity index (χ1v) is 5.13. The molecule has 0 fully saturated rings. The molecule has 14 heavy (non-hydrogen) atoms. The van der Waals surface area contributed by atoms with Gasteiger partial charge >= 0.3 is 0 Å². The molecule has 0 saturated heterocycles. The SMILES string of the molecule is COc1cc(C(C)C#N)c(Br)cc1C. The Balaban J connectivity index is 3.25. The van der Waals surface area contributed by atoms with E-state index in [4.69, 9.17) is 10.00 Å². The maximum Gasteiger partial charge on any atom is 0.122 e. The third-order valence-corrected chi connectivity index (χ3v) is 2.86. The summed E-state index contributed by atoms with van der Waals surface area (Å²) in [6, 6.07) is 6.09. The summed E-state index contributed by atoms with van der Waals surface area (Å²) in [5.41, 5.74) is 2.03. The molecule has 2 nitrogen and oxygen atoms in total. The molecule has 1 unspecified atom stereocenters. The average molecular weight is 254 g/mol. The number of hydrogen-bond acceptors (Lipinski definition) is 2. The molecule has 1 aromatic carbocycles. The van der Waals surface area contributed by atoms with Crippen LogP contribution in [-0.4, -0.2) is 7.11 Å². The second-order valence-corrected chi connectivity index (χ2v) is 4.05. The Morgan fingerprint density at radius 3 is 2.64 bits per heavy atom. The maximum absolute atomic E-state index is 8.83. The van der Waals surface area contributed by atoms with Crippen LogP contribution in [0.2, 0.25) is 0 Å². The molecule has 0 amide bonds. The monoisotopic (exact) mass is 253 g/mol. The summed E-state index contributed by atoms with van der Waals surface area (Å²) in [5, 5.41) is 8.83. The summed E-state index contributed by atoms with van der Waals surface area (Å²) < 4.78 is 6.17. The summed E-state index contributed by atoms with van der Waals surface area (Å²) in [4.78, 5) is 0. The van der Waals surface area contributed by atoms with Gasteiger partial charge in [0.15, 0.2) is 0 Å². The number of benzene rings is 1. The number of ether oxygens (including phenoxy) is 1. The average Bonchev–Trinajstić information content (AvgIpc) is 2.17. The topological polar surface area (TPSA) is 33.0 Å². The first kappa shape index (κ1) is 11.1. The Morgan fingerprint density at radius 1 is 1.50 bits per heavy atom. The molecule has 0 N–H and O–H groups in total. The van der Waals surface area contributed by atoms with Crippen molar-refractivity contribution in [1.29, 1.82) is 5.26 Å². The van der Waals surface area contributed by atoms with Gasteiger partial charge in [0, 0.05) is 4.47 Å². The van der Waals surface area contributed by atoms with E-state index >= 15 is 0 Å². The van der Waals surface area contributed by atoms with Crippen LogP contribution in [0.15, 0.2) is 16.6 Å². The van der Waals surface area contributed by atoms with Crippen molar-refractivity contribution < 1.29 is 4.74 Å². The van der Waals surface area contributed by atoms with Crippen molar-refractivity contribution in [1.82, 2.24) is 0 Å². The summed E-state index contributed by atoms with van der Waals surface area (Å²) in [6.07, 6.45) is 0. The molecule has 0 bridgehead atoms. The zero-order chi connectivity index (χ0) is 10.7. The first-order valence-electron chi connectivity index (χ1n) is 4.33. The summed E-state index contributed by atoms with van der Waals surface area (Å²) in [6.45, 7) is 3.85. The number of halogens is 1. The summed E-state index contributed by atoms with van der Waals surface area (Å²) in [5.74, 6) is 0.698. The number of nitriles is 1. The van der Waals surface area contributed by atoms with Gasteiger partial charge < -0.3 is 4.74 Å². The van der Waals surface area contributed by atoms with Crippen LogP contribution in [0.5, 0.6) is 5.75 Å². The number of rotatable bonds is 2. The Bertz CT molecular complexity index is 382. The maximum atomic E-state index is 8.83. The van der Waals surface area contributed by atoms with Crippen LogP contribution in [0.25, 0.3) is 0 Å². The van der Waals surface area contributed by atoms with E-state index in [1.165, 1.54) is 0 Å². The van der Waals surface area contributed by atoms with Crippen LogP contribution in [0.4, 0.5) is 0 Å². The molecule has 3 heteroatoms. The van der Waals surface area contributed by atoms with Gasteiger partial charge in [0.05, 0.1) is 19.1 Å². The molecule has 0 spiro atoms. The van der Waals surface area contributed by atoms with Gasteiger partial charge in [0.1, 0.15) is 5.75 Å². The van der Waals surface area contributed by atoms with Crippen LogP contribution >= 0.6 is 15.9 Å². The van der Waals surface area contributed by atoms with Gasteiger partial charge in [-0.25, -0.2) is 0 Å². The fraction of sp³-hybridized carbons (Fsp3) is 0.364. The van der Waals surface area contributed by atoms with Crippen LogP contribution in [0.1, 0.15) is 24.0 Å². The zero-order valence-corrected chi connectivity index (χ0v) is 10.1. The molecule has 0 aliphatic carbocycles. The quantitative estimate of drug-likeness (QED) is 0.810. The predicted molar refractivity (Wildman–Crippen MR) is 59.5 cm³/mol. The predicted octanol–water partition coefficient (Wildman–Crippen LogP) is 3.39. The van der Waals surface area contributed by atoms with E-state index in [1.807, 2.05) is 26.0 Å². The molecule has 0 aromatic heterocycles. The van der Waals surface area contributed by atoms with Gasteiger partial charge in [-0.3, -0.25) is 0 Å². The number of hydrogen-bond donors (Lipinski definition) is 0. The van der Waals surface area contributed by atoms with Crippen molar-refractivity contribution in [2.24, 2.45) is 0 Å². The van der Waals surface area contributed by atoms with E-state index < -0.39 is 0 Å². The van der Waals surface area contributed by atoms with E-state index in [9.17, 15) is 0 Å². The van der Waals surface area contributed by atoms with Gasteiger partial charge in [-0.05, 0) is 37.1 Å². The molecule has 0 heterocycles. The highest BCUT2D eigenvalue weighted by Gasteiger charge is 2.11. The normalized spacial score (nSPS) is 11.9. The molecular weight excluding hydrogens is 242 g/mol. The van der Waals surface area contributed by atoms with Gasteiger partial charge in [-0.1, -0.05) is 15.9 Å². The summed E-state index contributed by atoms with van der Waals surface area (Å²) >= 11 is 3.45. The van der Waals surface area contributed by atoms with Crippen molar-refractivity contribution in [2.75, 3.05) is 7.11 Å². The molecule has 1 rings (SSSR count). The third kappa shape index (κ3) is 2.08. The third-order valence-electron chi connectivity index (χ3n) is 2.17. The Kier molecular flexibility index (Phi) is 3.54. The molecule has 1 aromatic rings. The molecule has 0 aliphatic rings. The fourth-order valence-electron chi connectivity index (χ4n) is 1.29. The van der Waals surface area contributed by atoms with E-state index in [-0.39, 0.29) is 5.92 Å². The summed E-state index contributed by atoms with van der Waals surface area (Å²) in [7, 11) is 1.64. The highest BCUT2D eigenvalue weighted by atomic mass is 79.9. The first-order chi connectivity index (χ1) is 6.60. The molecule has 0 aliphatic heterocycles. The van der Waals surface area contributed by atoms with Gasteiger partial charge in [-0.15, -0.1) is 0 Å². The number of methoxy groups -OCH3 is 1. The smallest absolute Gasteiger partial charge is 0.122 e. The second-order valence-electron chi connectivity index (χ2n) is 3.19. The lowest BCUT2D eigenvalue weighted by Crippen LogP contribution is -1.95. The van der Waals surface area contributed by atoms with Crippen LogP contribution in [-0.2, 0) is 0 Å². The van der Waals surface area contributed by atoms with Crippen molar-refractivity contribution in [3.63, 3.8) is 0 Å².